The monoisotopic (exact) mass is 643 g/mol. The first-order chi connectivity index (χ1) is 24.3. The van der Waals surface area contributed by atoms with Crippen LogP contribution in [0.25, 0.3) is 87.7 Å². The second-order valence-corrected chi connectivity index (χ2v) is 13.1. The van der Waals surface area contributed by atoms with Crippen molar-refractivity contribution in [2.45, 2.75) is 0 Å². The molecule has 0 unspecified atom stereocenters. The van der Waals surface area contributed by atoms with Gasteiger partial charge in [0.05, 0.1) is 0 Å². The van der Waals surface area contributed by atoms with Gasteiger partial charge in [-0.2, -0.15) is 0 Å². The average Bonchev–Trinajstić information content (AvgIpc) is 3.57. The molecule has 9 aromatic rings. The molecule has 0 radical (unpaired) electrons. The highest BCUT2D eigenvalue weighted by atomic mass is 32.1. The lowest BCUT2D eigenvalue weighted by Gasteiger charge is -2.12. The van der Waals surface area contributed by atoms with E-state index in [-0.39, 0.29) is 0 Å². The Hall–Kier alpha value is -6.23. The fourth-order valence-electron chi connectivity index (χ4n) is 6.49. The number of hydrogen-bond donors (Lipinski definition) is 0. The summed E-state index contributed by atoms with van der Waals surface area (Å²) in [7, 11) is 0. The summed E-state index contributed by atoms with van der Waals surface area (Å²) < 4.78 is 2.45. The van der Waals surface area contributed by atoms with Crippen LogP contribution in [0.15, 0.2) is 176 Å². The first kappa shape index (κ1) is 29.0. The molecule has 0 spiro atoms. The lowest BCUT2D eigenvalue weighted by atomic mass is 9.98. The van der Waals surface area contributed by atoms with Crippen LogP contribution in [0.3, 0.4) is 0 Å². The Kier molecular flexibility index (Phi) is 7.34. The molecule has 7 aromatic carbocycles. The summed E-state index contributed by atoms with van der Waals surface area (Å²) in [5.74, 6) is 1.94. The van der Waals surface area contributed by atoms with Gasteiger partial charge in [0, 0.05) is 36.9 Å². The van der Waals surface area contributed by atoms with Crippen LogP contribution >= 0.6 is 11.3 Å². The lowest BCUT2D eigenvalue weighted by Crippen LogP contribution is -2.01. The third-order valence-electron chi connectivity index (χ3n) is 8.94. The molecule has 3 nitrogen and oxygen atoms in total. The molecule has 49 heavy (non-hydrogen) atoms. The molecule has 0 aliphatic heterocycles. The van der Waals surface area contributed by atoms with Crippen molar-refractivity contribution >= 4 is 31.5 Å². The van der Waals surface area contributed by atoms with Gasteiger partial charge in [0.25, 0.3) is 0 Å². The minimum Gasteiger partial charge on any atom is -0.208 e. The van der Waals surface area contributed by atoms with Crippen molar-refractivity contribution in [2.75, 3.05) is 0 Å². The van der Waals surface area contributed by atoms with Crippen molar-refractivity contribution in [3.8, 4) is 67.5 Å². The molecular weight excluding hydrogens is 615 g/mol. The van der Waals surface area contributed by atoms with Crippen LogP contribution in [0.4, 0.5) is 0 Å². The van der Waals surface area contributed by atoms with Gasteiger partial charge >= 0.3 is 0 Å². The number of aromatic nitrogens is 3. The van der Waals surface area contributed by atoms with E-state index in [2.05, 4.69) is 164 Å². The first-order valence-corrected chi connectivity index (χ1v) is 17.2. The Bertz CT molecular complexity index is 2580. The Morgan fingerprint density at radius 2 is 0.796 bits per heavy atom. The van der Waals surface area contributed by atoms with Gasteiger partial charge in [-0.25, -0.2) is 15.0 Å². The lowest BCUT2D eigenvalue weighted by molar-refractivity contribution is 1.08. The van der Waals surface area contributed by atoms with E-state index in [1.807, 2.05) is 23.5 Å². The molecule has 0 amide bonds. The number of nitrogens with zero attached hydrogens (tertiary/aromatic N) is 3. The van der Waals surface area contributed by atoms with Gasteiger partial charge in [-0.15, -0.1) is 11.3 Å². The Balaban J connectivity index is 1.28. The normalized spacial score (nSPS) is 11.3. The summed E-state index contributed by atoms with van der Waals surface area (Å²) in [6.45, 7) is 0. The van der Waals surface area contributed by atoms with Crippen molar-refractivity contribution in [3.63, 3.8) is 0 Å². The van der Waals surface area contributed by atoms with E-state index in [0.717, 1.165) is 44.5 Å². The Morgan fingerprint density at radius 3 is 1.49 bits per heavy atom. The highest BCUT2D eigenvalue weighted by Gasteiger charge is 2.19. The molecule has 0 N–H and O–H groups in total. The van der Waals surface area contributed by atoms with E-state index in [1.165, 1.54) is 25.7 Å². The summed E-state index contributed by atoms with van der Waals surface area (Å²) in [6, 6.07) is 61.5. The van der Waals surface area contributed by atoms with Crippen molar-refractivity contribution in [3.05, 3.63) is 176 Å². The van der Waals surface area contributed by atoms with Gasteiger partial charge in [-0.1, -0.05) is 152 Å². The maximum atomic E-state index is 5.25. The van der Waals surface area contributed by atoms with E-state index >= 15 is 0 Å². The first-order valence-electron chi connectivity index (χ1n) is 16.4. The Morgan fingerprint density at radius 1 is 0.306 bits per heavy atom. The van der Waals surface area contributed by atoms with Crippen molar-refractivity contribution in [1.82, 2.24) is 15.0 Å². The molecule has 230 valence electrons. The van der Waals surface area contributed by atoms with Gasteiger partial charge in [-0.05, 0) is 57.6 Å². The summed E-state index contributed by atoms with van der Waals surface area (Å²) in [5.41, 5.74) is 9.76. The molecule has 9 rings (SSSR count). The quantitative estimate of drug-likeness (QED) is 0.181. The summed E-state index contributed by atoms with van der Waals surface area (Å²) in [5, 5.41) is 2.37. The molecular formula is C45H29N3S. The topological polar surface area (TPSA) is 38.7 Å². The van der Waals surface area contributed by atoms with Gasteiger partial charge < -0.3 is 0 Å². The fourth-order valence-corrected chi connectivity index (χ4v) is 7.66. The van der Waals surface area contributed by atoms with E-state index < -0.39 is 0 Å². The predicted molar refractivity (Wildman–Crippen MR) is 205 cm³/mol. The van der Waals surface area contributed by atoms with Crippen molar-refractivity contribution in [2.24, 2.45) is 0 Å². The third kappa shape index (κ3) is 5.58. The number of rotatable bonds is 6. The minimum atomic E-state index is 0.641. The van der Waals surface area contributed by atoms with Gasteiger partial charge in [0.1, 0.15) is 0 Å². The largest absolute Gasteiger partial charge is 0.208 e. The molecule has 0 aliphatic carbocycles. The number of benzene rings is 7. The second kappa shape index (κ2) is 12.4. The maximum absolute atomic E-state index is 5.25. The van der Waals surface area contributed by atoms with Crippen molar-refractivity contribution < 1.29 is 0 Å². The van der Waals surface area contributed by atoms with E-state index in [0.29, 0.717) is 17.5 Å². The van der Waals surface area contributed by atoms with Crippen LogP contribution < -0.4 is 0 Å². The average molecular weight is 644 g/mol. The van der Waals surface area contributed by atoms with E-state index in [1.54, 1.807) is 0 Å². The number of thiophene rings is 1. The summed E-state index contributed by atoms with van der Waals surface area (Å²) in [6.07, 6.45) is 0. The molecule has 2 heterocycles. The third-order valence-corrected chi connectivity index (χ3v) is 10.1. The maximum Gasteiger partial charge on any atom is 0.164 e. The SMILES string of the molecule is c1ccc(-c2ccc(-c3nc(-c4cccc(-c5ccccc5)c4)nc(-c4cc(-c5ccccc5)cc5sc6ccccc6c45)n3)cc2)cc1. The van der Waals surface area contributed by atoms with E-state index in [9.17, 15) is 0 Å². The van der Waals surface area contributed by atoms with Crippen LogP contribution in [-0.4, -0.2) is 15.0 Å². The molecule has 0 saturated heterocycles. The highest BCUT2D eigenvalue weighted by molar-refractivity contribution is 7.26. The summed E-state index contributed by atoms with van der Waals surface area (Å²) >= 11 is 1.81. The van der Waals surface area contributed by atoms with E-state index in [4.69, 9.17) is 15.0 Å². The summed E-state index contributed by atoms with van der Waals surface area (Å²) in [4.78, 5) is 15.6. The highest BCUT2D eigenvalue weighted by Crippen LogP contribution is 2.42. The van der Waals surface area contributed by atoms with Crippen molar-refractivity contribution in [1.29, 1.82) is 0 Å². The molecule has 0 aliphatic rings. The molecule has 0 fully saturated rings. The number of fused-ring (bicyclic) bond motifs is 3. The predicted octanol–water partition coefficient (Wildman–Crippen LogP) is 12.2. The molecule has 4 heteroatoms. The van der Waals surface area contributed by atoms with Crippen LogP contribution in [0, 0.1) is 0 Å². The Labute approximate surface area is 288 Å². The van der Waals surface area contributed by atoms with Crippen LogP contribution in [-0.2, 0) is 0 Å². The molecule has 0 saturated carbocycles. The van der Waals surface area contributed by atoms with Gasteiger partial charge in [0.2, 0.25) is 0 Å². The van der Waals surface area contributed by atoms with Gasteiger partial charge in [0.15, 0.2) is 17.5 Å². The smallest absolute Gasteiger partial charge is 0.164 e. The zero-order valence-corrected chi connectivity index (χ0v) is 27.3. The molecule has 2 aromatic heterocycles. The van der Waals surface area contributed by atoms with Crippen LogP contribution in [0.5, 0.6) is 0 Å². The zero-order valence-electron chi connectivity index (χ0n) is 26.5. The fraction of sp³-hybridized carbons (Fsp3) is 0. The second-order valence-electron chi connectivity index (χ2n) is 12.1. The van der Waals surface area contributed by atoms with Gasteiger partial charge in [-0.3, -0.25) is 0 Å². The zero-order chi connectivity index (χ0) is 32.6. The number of hydrogen-bond acceptors (Lipinski definition) is 4. The van der Waals surface area contributed by atoms with Crippen LogP contribution in [0.1, 0.15) is 0 Å². The van der Waals surface area contributed by atoms with Crippen LogP contribution in [0.2, 0.25) is 0 Å². The molecule has 0 atom stereocenters. The standard InChI is InChI=1S/C45H29N3S/c1-4-13-30(14-5-1)33-23-25-34(26-24-33)43-46-44(36-20-12-19-35(27-36)31-15-6-2-7-16-31)48-45(47-43)39-28-37(32-17-8-3-9-18-32)29-41-42(39)38-21-10-11-22-40(38)49-41/h1-29H. The molecule has 0 bridgehead atoms. The minimum absolute atomic E-state index is 0.641.